The number of nitrogens with one attached hydrogen (secondary N) is 2. The van der Waals surface area contributed by atoms with Crippen LogP contribution in [0.2, 0.25) is 0 Å². The van der Waals surface area contributed by atoms with Gasteiger partial charge < -0.3 is 4.98 Å². The Labute approximate surface area is 167 Å². The van der Waals surface area contributed by atoms with Gasteiger partial charge in [0.2, 0.25) is 0 Å². The van der Waals surface area contributed by atoms with Crippen molar-refractivity contribution >= 4 is 28.4 Å². The first-order valence-electron chi connectivity index (χ1n) is 9.28. The van der Waals surface area contributed by atoms with E-state index in [1.807, 2.05) is 48.8 Å². The molecule has 0 bridgehead atoms. The van der Waals surface area contributed by atoms with Crippen molar-refractivity contribution in [3.05, 3.63) is 90.4 Å². The van der Waals surface area contributed by atoms with Gasteiger partial charge in [0.25, 0.3) is 0 Å². The van der Waals surface area contributed by atoms with Gasteiger partial charge in [0.15, 0.2) is 5.78 Å². The summed E-state index contributed by atoms with van der Waals surface area (Å²) in [5.41, 5.74) is 5.15. The van der Waals surface area contributed by atoms with Crippen molar-refractivity contribution < 1.29 is 4.79 Å². The number of benzene rings is 2. The van der Waals surface area contributed by atoms with Crippen LogP contribution >= 0.6 is 11.8 Å². The SMILES string of the molecule is O=C(c1c[nH]c2cc(-c3ccccc3)ccc12)C1CSC(c2cccnc2)N1. The molecule has 5 rings (SSSR count). The fraction of sp³-hybridized carbons (Fsp3) is 0.130. The van der Waals surface area contributed by atoms with Gasteiger partial charge in [0, 0.05) is 40.8 Å². The van der Waals surface area contributed by atoms with Gasteiger partial charge in [-0.25, -0.2) is 0 Å². The number of ketones is 1. The van der Waals surface area contributed by atoms with Crippen molar-refractivity contribution in [1.29, 1.82) is 0 Å². The average molecular weight is 385 g/mol. The number of nitrogens with zero attached hydrogens (tertiary/aromatic N) is 1. The number of pyridine rings is 1. The molecular formula is C23H19N3OS. The molecule has 0 amide bonds. The Morgan fingerprint density at radius 1 is 1.04 bits per heavy atom. The number of aromatic nitrogens is 2. The Morgan fingerprint density at radius 3 is 2.75 bits per heavy atom. The average Bonchev–Trinajstić information content (AvgIpc) is 3.42. The normalized spacial score (nSPS) is 19.1. The van der Waals surface area contributed by atoms with E-state index >= 15 is 0 Å². The molecule has 0 aliphatic carbocycles. The maximum absolute atomic E-state index is 13.1. The molecule has 1 aliphatic heterocycles. The van der Waals surface area contributed by atoms with Crippen molar-refractivity contribution in [1.82, 2.24) is 15.3 Å². The summed E-state index contributed by atoms with van der Waals surface area (Å²) in [5.74, 6) is 0.894. The minimum absolute atomic E-state index is 0.109. The van der Waals surface area contributed by atoms with Gasteiger partial charge in [0.1, 0.15) is 0 Å². The summed E-state index contributed by atoms with van der Waals surface area (Å²) in [6.45, 7) is 0. The monoisotopic (exact) mass is 385 g/mol. The summed E-state index contributed by atoms with van der Waals surface area (Å²) in [4.78, 5) is 20.6. The smallest absolute Gasteiger partial charge is 0.182 e. The molecular weight excluding hydrogens is 366 g/mol. The van der Waals surface area contributed by atoms with Crippen LogP contribution in [0.4, 0.5) is 0 Å². The molecule has 0 radical (unpaired) electrons. The van der Waals surface area contributed by atoms with E-state index in [1.165, 1.54) is 5.56 Å². The number of carbonyl (C=O) groups excluding carboxylic acids is 1. The van der Waals surface area contributed by atoms with Crippen molar-refractivity contribution in [2.24, 2.45) is 0 Å². The van der Waals surface area contributed by atoms with E-state index in [1.54, 1.807) is 18.0 Å². The van der Waals surface area contributed by atoms with Gasteiger partial charge in [-0.3, -0.25) is 15.1 Å². The first kappa shape index (κ1) is 17.2. The highest BCUT2D eigenvalue weighted by atomic mass is 32.2. The number of fused-ring (bicyclic) bond motifs is 1. The summed E-state index contributed by atoms with van der Waals surface area (Å²) in [6, 6.07) is 20.3. The largest absolute Gasteiger partial charge is 0.360 e. The number of hydrogen-bond acceptors (Lipinski definition) is 4. The van der Waals surface area contributed by atoms with Gasteiger partial charge in [-0.15, -0.1) is 11.8 Å². The summed E-state index contributed by atoms with van der Waals surface area (Å²) in [7, 11) is 0. The van der Waals surface area contributed by atoms with Crippen LogP contribution in [-0.4, -0.2) is 27.5 Å². The molecule has 4 nitrogen and oxygen atoms in total. The maximum atomic E-state index is 13.1. The van der Waals surface area contributed by atoms with Gasteiger partial charge in [-0.2, -0.15) is 0 Å². The quantitative estimate of drug-likeness (QED) is 0.495. The summed E-state index contributed by atoms with van der Waals surface area (Å²) in [6.07, 6.45) is 5.46. The van der Waals surface area contributed by atoms with Crippen LogP contribution < -0.4 is 5.32 Å². The predicted molar refractivity (Wildman–Crippen MR) is 114 cm³/mol. The van der Waals surface area contributed by atoms with E-state index in [-0.39, 0.29) is 17.2 Å². The van der Waals surface area contributed by atoms with Crippen LogP contribution in [0.5, 0.6) is 0 Å². The molecule has 4 aromatic rings. The van der Waals surface area contributed by atoms with Crippen LogP contribution in [-0.2, 0) is 0 Å². The molecule has 3 heterocycles. The van der Waals surface area contributed by atoms with Gasteiger partial charge in [-0.1, -0.05) is 48.5 Å². The second-order valence-corrected chi connectivity index (χ2v) is 8.05. The van der Waals surface area contributed by atoms with E-state index in [0.29, 0.717) is 0 Å². The molecule has 2 N–H and O–H groups in total. The van der Waals surface area contributed by atoms with Crippen molar-refractivity contribution in [3.8, 4) is 11.1 Å². The number of H-pyrrole nitrogens is 1. The number of rotatable bonds is 4. The lowest BCUT2D eigenvalue weighted by atomic mass is 10.0. The van der Waals surface area contributed by atoms with Crippen molar-refractivity contribution in [2.75, 3.05) is 5.75 Å². The number of hydrogen-bond donors (Lipinski definition) is 2. The van der Waals surface area contributed by atoms with Crippen LogP contribution in [0, 0.1) is 0 Å². The third-order valence-corrected chi connectivity index (χ3v) is 6.41. The molecule has 2 aromatic heterocycles. The highest BCUT2D eigenvalue weighted by Crippen LogP contribution is 2.34. The predicted octanol–water partition coefficient (Wildman–Crippen LogP) is 4.82. The van der Waals surface area contributed by atoms with Crippen LogP contribution in [0.25, 0.3) is 22.0 Å². The Morgan fingerprint density at radius 2 is 1.93 bits per heavy atom. The van der Waals surface area contributed by atoms with Gasteiger partial charge in [0.05, 0.1) is 11.4 Å². The minimum Gasteiger partial charge on any atom is -0.360 e. The zero-order chi connectivity index (χ0) is 18.9. The van der Waals surface area contributed by atoms with Crippen molar-refractivity contribution in [3.63, 3.8) is 0 Å². The lowest BCUT2D eigenvalue weighted by Crippen LogP contribution is -2.34. The zero-order valence-electron chi connectivity index (χ0n) is 15.1. The zero-order valence-corrected chi connectivity index (χ0v) is 15.9. The van der Waals surface area contributed by atoms with E-state index in [0.717, 1.165) is 33.3 Å². The first-order chi connectivity index (χ1) is 13.8. The summed E-state index contributed by atoms with van der Waals surface area (Å²) >= 11 is 1.75. The molecule has 2 unspecified atom stereocenters. The Kier molecular flexibility index (Phi) is 4.47. The lowest BCUT2D eigenvalue weighted by molar-refractivity contribution is 0.0957. The van der Waals surface area contributed by atoms with E-state index in [4.69, 9.17) is 0 Å². The van der Waals surface area contributed by atoms with Gasteiger partial charge >= 0.3 is 0 Å². The molecule has 0 saturated carbocycles. The Hall–Kier alpha value is -2.89. The molecule has 1 aliphatic rings. The van der Waals surface area contributed by atoms with Crippen LogP contribution in [0.3, 0.4) is 0 Å². The van der Waals surface area contributed by atoms with Crippen LogP contribution in [0.1, 0.15) is 21.3 Å². The molecule has 1 saturated heterocycles. The topological polar surface area (TPSA) is 57.8 Å². The fourth-order valence-electron chi connectivity index (χ4n) is 3.67. The Bertz CT molecular complexity index is 1120. The molecule has 28 heavy (non-hydrogen) atoms. The molecule has 0 spiro atoms. The standard InChI is InChI=1S/C23H19N3OS/c27-22(21-14-28-23(26-21)17-7-4-10-24-12-17)19-13-25-20-11-16(8-9-18(19)20)15-5-2-1-3-6-15/h1-13,21,23,25-26H,14H2. The molecule has 2 atom stereocenters. The molecule has 2 aromatic carbocycles. The van der Waals surface area contributed by atoms with E-state index < -0.39 is 0 Å². The number of aromatic amines is 1. The molecule has 5 heteroatoms. The first-order valence-corrected chi connectivity index (χ1v) is 10.3. The van der Waals surface area contributed by atoms with Crippen LogP contribution in [0.15, 0.2) is 79.3 Å². The van der Waals surface area contributed by atoms with Crippen molar-refractivity contribution in [2.45, 2.75) is 11.4 Å². The maximum Gasteiger partial charge on any atom is 0.182 e. The van der Waals surface area contributed by atoms with E-state index in [9.17, 15) is 4.79 Å². The summed E-state index contributed by atoms with van der Waals surface area (Å²) in [5, 5.41) is 4.54. The summed E-state index contributed by atoms with van der Waals surface area (Å²) < 4.78 is 0. The molecule has 1 fully saturated rings. The number of carbonyl (C=O) groups is 1. The Balaban J connectivity index is 1.40. The van der Waals surface area contributed by atoms with E-state index in [2.05, 4.69) is 39.6 Å². The lowest BCUT2D eigenvalue weighted by Gasteiger charge is -2.12. The number of thioether (sulfide) groups is 1. The molecule has 138 valence electrons. The fourth-order valence-corrected chi connectivity index (χ4v) is 4.90. The third-order valence-electron chi connectivity index (χ3n) is 5.14. The number of Topliss-reactive ketones (excluding diaryl/α,β-unsaturated/α-hetero) is 1. The second-order valence-electron chi connectivity index (χ2n) is 6.91. The highest BCUT2D eigenvalue weighted by Gasteiger charge is 2.32. The minimum atomic E-state index is -0.192. The highest BCUT2D eigenvalue weighted by molar-refractivity contribution is 7.99. The second kappa shape index (κ2) is 7.26. The third kappa shape index (κ3) is 3.13. The van der Waals surface area contributed by atoms with Gasteiger partial charge in [-0.05, 0) is 28.8 Å².